The molecule has 0 unspecified atom stereocenters. The van der Waals surface area contributed by atoms with Crippen molar-refractivity contribution in [3.05, 3.63) is 90.1 Å². The van der Waals surface area contributed by atoms with E-state index >= 15 is 0 Å². The highest BCUT2D eigenvalue weighted by molar-refractivity contribution is 7.07. The van der Waals surface area contributed by atoms with Gasteiger partial charge in [-0.3, -0.25) is 9.36 Å². The minimum absolute atomic E-state index is 0.232. The zero-order valence-electron chi connectivity index (χ0n) is 19.7. The number of aryl methyl sites for hydroxylation is 1. The largest absolute Gasteiger partial charge is 0.497 e. The van der Waals surface area contributed by atoms with Crippen LogP contribution in [0.5, 0.6) is 11.5 Å². The number of allylic oxidation sites excluding steroid dienone is 1. The maximum atomic E-state index is 13.7. The fraction of sp³-hybridized carbons (Fsp3) is 0.269. The van der Waals surface area contributed by atoms with E-state index in [1.807, 2.05) is 37.3 Å². The van der Waals surface area contributed by atoms with Crippen LogP contribution in [0.3, 0.4) is 0 Å². The van der Waals surface area contributed by atoms with E-state index in [4.69, 9.17) is 14.2 Å². The molecule has 0 saturated heterocycles. The van der Waals surface area contributed by atoms with Gasteiger partial charge in [-0.2, -0.15) is 0 Å². The molecule has 34 heavy (non-hydrogen) atoms. The summed E-state index contributed by atoms with van der Waals surface area (Å²) in [5.74, 6) is 0.793. The van der Waals surface area contributed by atoms with Gasteiger partial charge >= 0.3 is 5.97 Å². The van der Waals surface area contributed by atoms with E-state index in [1.54, 1.807) is 50.8 Å². The molecule has 1 aliphatic rings. The van der Waals surface area contributed by atoms with Crippen molar-refractivity contribution < 1.29 is 19.0 Å². The first-order valence-electron chi connectivity index (χ1n) is 10.9. The van der Waals surface area contributed by atoms with Crippen molar-refractivity contribution in [2.45, 2.75) is 26.8 Å². The summed E-state index contributed by atoms with van der Waals surface area (Å²) < 4.78 is 18.2. The molecule has 8 heteroatoms. The highest BCUT2D eigenvalue weighted by Gasteiger charge is 2.33. The van der Waals surface area contributed by atoms with Crippen molar-refractivity contribution in [3.63, 3.8) is 0 Å². The highest BCUT2D eigenvalue weighted by atomic mass is 32.1. The molecule has 176 valence electrons. The van der Waals surface area contributed by atoms with Crippen LogP contribution in [0.1, 0.15) is 36.6 Å². The molecule has 0 spiro atoms. The first-order valence-corrected chi connectivity index (χ1v) is 11.7. The number of esters is 1. The van der Waals surface area contributed by atoms with Crippen molar-refractivity contribution in [2.75, 3.05) is 20.8 Å². The molecule has 1 aliphatic heterocycles. The first-order chi connectivity index (χ1) is 16.4. The van der Waals surface area contributed by atoms with Crippen molar-refractivity contribution in [2.24, 2.45) is 4.99 Å². The average molecular weight is 479 g/mol. The Hall–Kier alpha value is -3.65. The van der Waals surface area contributed by atoms with E-state index < -0.39 is 12.0 Å². The second-order valence-electron chi connectivity index (χ2n) is 7.82. The number of methoxy groups -OCH3 is 2. The standard InChI is InChI=1S/C26H26N2O5S/c1-6-33-25(30)22-16(3)27-26-28(23(22)17-9-7-15(2)8-10-17)24(29)21(34-26)14-18-13-19(31-4)11-12-20(18)32-5/h7-14,23H,6H2,1-5H3/t23-/m0/s1. The van der Waals surface area contributed by atoms with E-state index in [9.17, 15) is 9.59 Å². The second kappa shape index (κ2) is 9.69. The van der Waals surface area contributed by atoms with Gasteiger partial charge in [0.25, 0.3) is 5.56 Å². The third-order valence-electron chi connectivity index (χ3n) is 5.63. The highest BCUT2D eigenvalue weighted by Crippen LogP contribution is 2.31. The molecule has 1 atom stereocenters. The lowest BCUT2D eigenvalue weighted by molar-refractivity contribution is -0.139. The quantitative estimate of drug-likeness (QED) is 0.509. The summed E-state index contributed by atoms with van der Waals surface area (Å²) in [5, 5.41) is 0. The van der Waals surface area contributed by atoms with Gasteiger partial charge in [0.2, 0.25) is 0 Å². The monoisotopic (exact) mass is 478 g/mol. The van der Waals surface area contributed by atoms with Crippen LogP contribution in [0.15, 0.2) is 63.5 Å². The number of hydrogen-bond acceptors (Lipinski definition) is 7. The van der Waals surface area contributed by atoms with Gasteiger partial charge in [-0.15, -0.1) is 0 Å². The molecule has 0 fully saturated rings. The maximum absolute atomic E-state index is 13.7. The summed E-state index contributed by atoms with van der Waals surface area (Å²) in [7, 11) is 3.16. The van der Waals surface area contributed by atoms with Crippen LogP contribution < -0.4 is 24.4 Å². The Labute approximate surface area is 201 Å². The zero-order chi connectivity index (χ0) is 24.4. The Kier molecular flexibility index (Phi) is 6.70. The van der Waals surface area contributed by atoms with E-state index in [0.717, 1.165) is 11.1 Å². The number of carbonyl (C=O) groups excluding carboxylic acids is 1. The molecule has 2 heterocycles. The van der Waals surface area contributed by atoms with E-state index in [0.29, 0.717) is 37.7 Å². The zero-order valence-corrected chi connectivity index (χ0v) is 20.6. The SMILES string of the molecule is CCOC(=O)C1=C(C)N=c2sc(=Cc3cc(OC)ccc3OC)c(=O)n2[C@H]1c1ccc(C)cc1. The number of carbonyl (C=O) groups is 1. The lowest BCUT2D eigenvalue weighted by atomic mass is 9.95. The molecule has 0 amide bonds. The minimum Gasteiger partial charge on any atom is -0.497 e. The summed E-state index contributed by atoms with van der Waals surface area (Å²) in [6.07, 6.45) is 1.76. The Morgan fingerprint density at radius 2 is 1.85 bits per heavy atom. The van der Waals surface area contributed by atoms with Crippen LogP contribution in [-0.4, -0.2) is 31.4 Å². The van der Waals surface area contributed by atoms with E-state index in [1.165, 1.54) is 11.3 Å². The smallest absolute Gasteiger partial charge is 0.338 e. The fourth-order valence-electron chi connectivity index (χ4n) is 3.95. The van der Waals surface area contributed by atoms with Crippen molar-refractivity contribution >= 4 is 23.4 Å². The fourth-order valence-corrected chi connectivity index (χ4v) is 4.99. The van der Waals surface area contributed by atoms with Crippen molar-refractivity contribution in [1.82, 2.24) is 4.57 Å². The molecule has 0 aliphatic carbocycles. The van der Waals surface area contributed by atoms with Crippen LogP contribution in [0.2, 0.25) is 0 Å². The second-order valence-corrected chi connectivity index (χ2v) is 8.83. The first kappa shape index (κ1) is 23.5. The van der Waals surface area contributed by atoms with Gasteiger partial charge in [0.1, 0.15) is 11.5 Å². The predicted octanol–water partition coefficient (Wildman–Crippen LogP) is 3.12. The van der Waals surface area contributed by atoms with Crippen LogP contribution in [-0.2, 0) is 9.53 Å². The van der Waals surface area contributed by atoms with Gasteiger partial charge in [-0.25, -0.2) is 9.79 Å². The lowest BCUT2D eigenvalue weighted by Crippen LogP contribution is -2.39. The Morgan fingerprint density at radius 3 is 2.50 bits per heavy atom. The molecule has 7 nitrogen and oxygen atoms in total. The normalized spacial score (nSPS) is 15.6. The number of benzene rings is 2. The third kappa shape index (κ3) is 4.28. The topological polar surface area (TPSA) is 79.1 Å². The maximum Gasteiger partial charge on any atom is 0.338 e. The Balaban J connectivity index is 1.96. The summed E-state index contributed by atoms with van der Waals surface area (Å²) in [5.41, 5.74) is 3.27. The van der Waals surface area contributed by atoms with Crippen LogP contribution in [0, 0.1) is 6.92 Å². The molecular formula is C26H26N2O5S. The molecule has 0 radical (unpaired) electrons. The summed E-state index contributed by atoms with van der Waals surface area (Å²) in [6.45, 7) is 5.75. The third-order valence-corrected chi connectivity index (χ3v) is 6.62. The van der Waals surface area contributed by atoms with Gasteiger partial charge in [0.15, 0.2) is 4.80 Å². The summed E-state index contributed by atoms with van der Waals surface area (Å²) in [4.78, 5) is 31.8. The van der Waals surface area contributed by atoms with Gasteiger partial charge < -0.3 is 14.2 Å². The van der Waals surface area contributed by atoms with Gasteiger partial charge in [-0.1, -0.05) is 41.2 Å². The molecule has 1 aromatic heterocycles. The van der Waals surface area contributed by atoms with E-state index in [2.05, 4.69) is 4.99 Å². The van der Waals surface area contributed by atoms with Gasteiger partial charge in [0.05, 0.1) is 42.7 Å². The van der Waals surface area contributed by atoms with Gasteiger partial charge in [0, 0.05) is 5.56 Å². The predicted molar refractivity (Wildman–Crippen MR) is 131 cm³/mol. The number of hydrogen-bond donors (Lipinski definition) is 0. The molecule has 3 aromatic rings. The number of fused-ring (bicyclic) bond motifs is 1. The van der Waals surface area contributed by atoms with Crippen molar-refractivity contribution in [1.29, 1.82) is 0 Å². The Bertz CT molecular complexity index is 1450. The number of rotatable bonds is 6. The Morgan fingerprint density at radius 1 is 1.12 bits per heavy atom. The average Bonchev–Trinajstić information content (AvgIpc) is 3.13. The number of thiazole rings is 1. The molecule has 0 bridgehead atoms. The summed E-state index contributed by atoms with van der Waals surface area (Å²) in [6, 6.07) is 12.5. The number of aromatic nitrogens is 1. The summed E-state index contributed by atoms with van der Waals surface area (Å²) >= 11 is 1.27. The minimum atomic E-state index is -0.634. The molecule has 2 aromatic carbocycles. The molecule has 0 saturated carbocycles. The number of ether oxygens (including phenoxy) is 3. The van der Waals surface area contributed by atoms with Crippen LogP contribution in [0.25, 0.3) is 6.08 Å². The molecule has 0 N–H and O–H groups in total. The van der Waals surface area contributed by atoms with Gasteiger partial charge in [-0.05, 0) is 50.6 Å². The van der Waals surface area contributed by atoms with Crippen LogP contribution in [0.4, 0.5) is 0 Å². The molecule has 4 rings (SSSR count). The molecular weight excluding hydrogens is 452 g/mol. The van der Waals surface area contributed by atoms with Crippen molar-refractivity contribution in [3.8, 4) is 11.5 Å². The van der Waals surface area contributed by atoms with E-state index in [-0.39, 0.29) is 12.2 Å². The lowest BCUT2D eigenvalue weighted by Gasteiger charge is -2.24. The van der Waals surface area contributed by atoms with Crippen LogP contribution >= 0.6 is 11.3 Å². The number of nitrogens with zero attached hydrogens (tertiary/aromatic N) is 2.